The number of hydrogen-bond acceptors (Lipinski definition) is 4. The molecule has 0 aliphatic rings. The highest BCUT2D eigenvalue weighted by Gasteiger charge is 2.05. The second-order valence-corrected chi connectivity index (χ2v) is 6.34. The number of nitrogens with zero attached hydrogens (tertiary/aromatic N) is 2. The number of benzene rings is 2. The standard InChI is InChI=1S/C19H19BrN4/c1-14-13-18(21-12-11-15-7-3-2-4-8-15)24-19(22-14)23-17-10-6-5-9-16(17)20/h2-10,13H,11-12H2,1H3,(H2,21,22,23,24). The fraction of sp³-hybridized carbons (Fsp3) is 0.158. The van der Waals surface area contributed by atoms with Crippen molar-refractivity contribution in [1.82, 2.24) is 9.97 Å². The van der Waals surface area contributed by atoms with E-state index in [0.717, 1.165) is 34.6 Å². The molecule has 3 rings (SSSR count). The highest BCUT2D eigenvalue weighted by molar-refractivity contribution is 9.10. The van der Waals surface area contributed by atoms with E-state index in [-0.39, 0.29) is 0 Å². The fourth-order valence-electron chi connectivity index (χ4n) is 2.38. The number of aromatic nitrogens is 2. The Labute approximate surface area is 150 Å². The van der Waals surface area contributed by atoms with Crippen molar-refractivity contribution in [1.29, 1.82) is 0 Å². The third-order valence-electron chi connectivity index (χ3n) is 3.54. The van der Waals surface area contributed by atoms with Gasteiger partial charge in [-0.3, -0.25) is 0 Å². The Morgan fingerprint density at radius 2 is 1.71 bits per heavy atom. The van der Waals surface area contributed by atoms with Crippen molar-refractivity contribution in [3.05, 3.63) is 76.4 Å². The molecule has 2 N–H and O–H groups in total. The molecular formula is C19H19BrN4. The van der Waals surface area contributed by atoms with E-state index in [4.69, 9.17) is 0 Å². The van der Waals surface area contributed by atoms with Crippen LogP contribution in [0.4, 0.5) is 17.5 Å². The van der Waals surface area contributed by atoms with Crippen molar-refractivity contribution < 1.29 is 0 Å². The Kier molecular flexibility index (Phi) is 5.43. The number of anilines is 3. The molecule has 0 aliphatic carbocycles. The molecule has 4 nitrogen and oxygen atoms in total. The van der Waals surface area contributed by atoms with Crippen LogP contribution in [0.25, 0.3) is 0 Å². The molecule has 24 heavy (non-hydrogen) atoms. The Balaban J connectivity index is 1.66. The van der Waals surface area contributed by atoms with Crippen LogP contribution in [-0.2, 0) is 6.42 Å². The molecule has 1 aromatic heterocycles. The minimum absolute atomic E-state index is 0.587. The van der Waals surface area contributed by atoms with Gasteiger partial charge in [0, 0.05) is 22.8 Å². The van der Waals surface area contributed by atoms with E-state index in [1.165, 1.54) is 5.56 Å². The first kappa shape index (κ1) is 16.5. The second-order valence-electron chi connectivity index (χ2n) is 5.49. The van der Waals surface area contributed by atoms with Crippen molar-refractivity contribution in [2.75, 3.05) is 17.2 Å². The molecule has 1 heterocycles. The normalized spacial score (nSPS) is 10.4. The highest BCUT2D eigenvalue weighted by atomic mass is 79.9. The maximum Gasteiger partial charge on any atom is 0.229 e. The molecule has 2 aromatic carbocycles. The lowest BCUT2D eigenvalue weighted by molar-refractivity contribution is 0.995. The summed E-state index contributed by atoms with van der Waals surface area (Å²) in [6.45, 7) is 2.80. The molecule has 3 aromatic rings. The zero-order valence-electron chi connectivity index (χ0n) is 13.5. The predicted molar refractivity (Wildman–Crippen MR) is 103 cm³/mol. The van der Waals surface area contributed by atoms with Crippen LogP contribution in [-0.4, -0.2) is 16.5 Å². The van der Waals surface area contributed by atoms with E-state index >= 15 is 0 Å². The van der Waals surface area contributed by atoms with Gasteiger partial charge in [0.05, 0.1) is 5.69 Å². The summed E-state index contributed by atoms with van der Waals surface area (Å²) in [5.74, 6) is 1.41. The van der Waals surface area contributed by atoms with E-state index in [2.05, 4.69) is 60.8 Å². The fourth-order valence-corrected chi connectivity index (χ4v) is 2.76. The zero-order valence-corrected chi connectivity index (χ0v) is 15.0. The van der Waals surface area contributed by atoms with Crippen LogP contribution in [0.3, 0.4) is 0 Å². The first-order valence-corrected chi connectivity index (χ1v) is 8.65. The highest BCUT2D eigenvalue weighted by Crippen LogP contribution is 2.24. The molecule has 0 saturated carbocycles. The second kappa shape index (κ2) is 7.93. The Hall–Kier alpha value is -2.40. The number of halogens is 1. The minimum Gasteiger partial charge on any atom is -0.370 e. The molecule has 0 spiro atoms. The molecule has 0 amide bonds. The van der Waals surface area contributed by atoms with E-state index in [1.807, 2.05) is 43.3 Å². The molecule has 0 aliphatic heterocycles. The van der Waals surface area contributed by atoms with Crippen molar-refractivity contribution in [3.63, 3.8) is 0 Å². The third-order valence-corrected chi connectivity index (χ3v) is 4.23. The topological polar surface area (TPSA) is 49.8 Å². The summed E-state index contributed by atoms with van der Waals surface area (Å²) in [5, 5.41) is 6.62. The zero-order chi connectivity index (χ0) is 16.8. The molecule has 0 unspecified atom stereocenters. The number of hydrogen-bond donors (Lipinski definition) is 2. The van der Waals surface area contributed by atoms with Gasteiger partial charge in [0.15, 0.2) is 0 Å². The van der Waals surface area contributed by atoms with Gasteiger partial charge in [-0.05, 0) is 47.0 Å². The summed E-state index contributed by atoms with van der Waals surface area (Å²) in [4.78, 5) is 9.00. The average Bonchev–Trinajstić information content (AvgIpc) is 2.57. The van der Waals surface area contributed by atoms with E-state index in [1.54, 1.807) is 0 Å². The summed E-state index contributed by atoms with van der Waals surface area (Å²) in [5.41, 5.74) is 3.17. The van der Waals surface area contributed by atoms with Gasteiger partial charge in [0.25, 0.3) is 0 Å². The Morgan fingerprint density at radius 3 is 2.50 bits per heavy atom. The van der Waals surface area contributed by atoms with Gasteiger partial charge in [-0.25, -0.2) is 4.98 Å². The maximum atomic E-state index is 4.55. The smallest absolute Gasteiger partial charge is 0.229 e. The van der Waals surface area contributed by atoms with Crippen LogP contribution in [0.5, 0.6) is 0 Å². The van der Waals surface area contributed by atoms with Crippen LogP contribution in [0, 0.1) is 6.92 Å². The van der Waals surface area contributed by atoms with E-state index in [0.29, 0.717) is 5.95 Å². The summed E-state index contributed by atoms with van der Waals surface area (Å²) in [6.07, 6.45) is 0.955. The van der Waals surface area contributed by atoms with Crippen LogP contribution < -0.4 is 10.6 Å². The van der Waals surface area contributed by atoms with Crippen molar-refractivity contribution >= 4 is 33.4 Å². The number of nitrogens with one attached hydrogen (secondary N) is 2. The predicted octanol–water partition coefficient (Wildman–Crippen LogP) is 4.95. The SMILES string of the molecule is Cc1cc(NCCc2ccccc2)nc(Nc2ccccc2Br)n1. The number of aryl methyl sites for hydroxylation is 1. The van der Waals surface area contributed by atoms with Crippen LogP contribution >= 0.6 is 15.9 Å². The van der Waals surface area contributed by atoms with Crippen LogP contribution in [0.1, 0.15) is 11.3 Å². The summed E-state index contributed by atoms with van der Waals surface area (Å²) >= 11 is 3.52. The van der Waals surface area contributed by atoms with Crippen molar-refractivity contribution in [3.8, 4) is 0 Å². The van der Waals surface area contributed by atoms with Gasteiger partial charge < -0.3 is 10.6 Å². The maximum absolute atomic E-state index is 4.55. The average molecular weight is 383 g/mol. The van der Waals surface area contributed by atoms with E-state index < -0.39 is 0 Å². The molecule has 5 heteroatoms. The monoisotopic (exact) mass is 382 g/mol. The van der Waals surface area contributed by atoms with E-state index in [9.17, 15) is 0 Å². The lowest BCUT2D eigenvalue weighted by Gasteiger charge is -2.11. The summed E-state index contributed by atoms with van der Waals surface area (Å²) in [7, 11) is 0. The molecule has 0 fully saturated rings. The molecule has 0 bridgehead atoms. The minimum atomic E-state index is 0.587. The van der Waals surface area contributed by atoms with Crippen molar-refractivity contribution in [2.45, 2.75) is 13.3 Å². The lowest BCUT2D eigenvalue weighted by Crippen LogP contribution is -2.08. The Bertz CT molecular complexity index is 805. The molecule has 122 valence electrons. The van der Waals surface area contributed by atoms with Gasteiger partial charge in [-0.15, -0.1) is 0 Å². The molecule has 0 saturated heterocycles. The van der Waals surface area contributed by atoms with Gasteiger partial charge in [0.1, 0.15) is 5.82 Å². The lowest BCUT2D eigenvalue weighted by atomic mass is 10.1. The van der Waals surface area contributed by atoms with Gasteiger partial charge >= 0.3 is 0 Å². The quantitative estimate of drug-likeness (QED) is 0.633. The van der Waals surface area contributed by atoms with Crippen LogP contribution in [0.2, 0.25) is 0 Å². The summed E-state index contributed by atoms with van der Waals surface area (Å²) in [6, 6.07) is 20.3. The molecule has 0 radical (unpaired) electrons. The van der Waals surface area contributed by atoms with Gasteiger partial charge in [-0.1, -0.05) is 42.5 Å². The summed E-state index contributed by atoms with van der Waals surface area (Å²) < 4.78 is 0.980. The number of para-hydroxylation sites is 1. The third kappa shape index (κ3) is 4.55. The first-order valence-electron chi connectivity index (χ1n) is 7.86. The Morgan fingerprint density at radius 1 is 0.958 bits per heavy atom. The first-order chi connectivity index (χ1) is 11.7. The largest absolute Gasteiger partial charge is 0.370 e. The number of rotatable bonds is 6. The van der Waals surface area contributed by atoms with Gasteiger partial charge in [-0.2, -0.15) is 4.98 Å². The molecule has 0 atom stereocenters. The molecular weight excluding hydrogens is 364 g/mol. The van der Waals surface area contributed by atoms with Gasteiger partial charge in [0.2, 0.25) is 5.95 Å². The van der Waals surface area contributed by atoms with Crippen molar-refractivity contribution in [2.24, 2.45) is 0 Å². The van der Waals surface area contributed by atoms with Crippen LogP contribution in [0.15, 0.2) is 65.1 Å².